The Hall–Kier alpha value is -2.07. The Balaban J connectivity index is 1.88. The van der Waals surface area contributed by atoms with Crippen molar-refractivity contribution in [2.75, 3.05) is 26.7 Å². The van der Waals surface area contributed by atoms with Crippen molar-refractivity contribution >= 4 is 22.4 Å². The van der Waals surface area contributed by atoms with Crippen LogP contribution in [0.15, 0.2) is 18.3 Å². The second-order valence-corrected chi connectivity index (χ2v) is 7.83. The fourth-order valence-corrected chi connectivity index (χ4v) is 4.82. The number of hydrogen-bond acceptors (Lipinski definition) is 2. The van der Waals surface area contributed by atoms with Crippen LogP contribution in [0.2, 0.25) is 0 Å². The predicted molar refractivity (Wildman–Crippen MR) is 107 cm³/mol. The van der Waals surface area contributed by atoms with Crippen molar-refractivity contribution in [1.29, 1.82) is 0 Å². The van der Waals surface area contributed by atoms with E-state index in [-0.39, 0.29) is 11.8 Å². The van der Waals surface area contributed by atoms with Crippen molar-refractivity contribution in [3.63, 3.8) is 0 Å². The number of carbonyl (C=O) groups excluding carboxylic acids is 1. The van der Waals surface area contributed by atoms with Crippen LogP contribution in [0, 0.1) is 19.8 Å². The lowest BCUT2D eigenvalue weighted by Gasteiger charge is -2.41. The molecule has 2 heterocycles. The molecule has 2 aromatic rings. The lowest BCUT2D eigenvalue weighted by atomic mass is 9.77. The van der Waals surface area contributed by atoms with Gasteiger partial charge in [0.25, 0.3) is 0 Å². The summed E-state index contributed by atoms with van der Waals surface area (Å²) in [6.07, 6.45) is 5.47. The third-order valence-electron chi connectivity index (χ3n) is 6.42. The first-order valence-electron chi connectivity index (χ1n) is 9.77. The summed E-state index contributed by atoms with van der Waals surface area (Å²) >= 11 is 0. The van der Waals surface area contributed by atoms with Crippen LogP contribution in [0.5, 0.6) is 0 Å². The molecular formula is C22H29N3O. The molecule has 2 aliphatic rings. The van der Waals surface area contributed by atoms with Gasteiger partial charge in [-0.25, -0.2) is 0 Å². The van der Waals surface area contributed by atoms with E-state index in [1.165, 1.54) is 38.7 Å². The number of hydrogen-bond donors (Lipinski definition) is 1. The van der Waals surface area contributed by atoms with E-state index < -0.39 is 0 Å². The normalized spacial score (nSPS) is 22.3. The smallest absolute Gasteiger partial charge is 0.230 e. The van der Waals surface area contributed by atoms with Crippen LogP contribution < -0.4 is 0 Å². The molecule has 0 spiro atoms. The first-order chi connectivity index (χ1) is 12.5. The zero-order valence-corrected chi connectivity index (χ0v) is 16.5. The number of rotatable bonds is 3. The summed E-state index contributed by atoms with van der Waals surface area (Å²) in [7, 11) is 2.17. The Kier molecular flexibility index (Phi) is 4.19. The number of aryl methyl sites for hydroxylation is 1. The minimum absolute atomic E-state index is 0.0541. The van der Waals surface area contributed by atoms with E-state index in [0.29, 0.717) is 6.04 Å². The SMILES string of the molecule is CCN(CC)C(=O)C1C=C2c3c(C)c(C)cc4[nH]cc(c34)CC2N(C)C1. The van der Waals surface area contributed by atoms with Crippen molar-refractivity contribution in [2.45, 2.75) is 40.2 Å². The number of benzene rings is 1. The highest BCUT2D eigenvalue weighted by atomic mass is 16.2. The second-order valence-electron chi connectivity index (χ2n) is 7.83. The standard InChI is InChI=1S/C22H29N3O/c1-6-25(7-2)22(26)16-9-17-19(24(5)12-16)10-15-11-23-18-8-13(3)14(4)20(17)21(15)18/h8-9,11,16,19,23H,6-7,10,12H2,1-5H3. The zero-order valence-electron chi connectivity index (χ0n) is 16.5. The van der Waals surface area contributed by atoms with E-state index in [2.05, 4.69) is 63.0 Å². The molecule has 1 N–H and O–H groups in total. The van der Waals surface area contributed by atoms with Gasteiger partial charge in [0.15, 0.2) is 0 Å². The number of aromatic nitrogens is 1. The van der Waals surface area contributed by atoms with Gasteiger partial charge < -0.3 is 9.88 Å². The number of likely N-dealkylation sites (N-methyl/N-ethyl adjacent to an activating group) is 1. The summed E-state index contributed by atoms with van der Waals surface area (Å²) in [5.41, 5.74) is 7.98. The molecule has 1 amide bonds. The molecule has 4 heteroatoms. The number of nitrogens with zero attached hydrogens (tertiary/aromatic N) is 2. The van der Waals surface area contributed by atoms with Gasteiger partial charge in [0, 0.05) is 42.8 Å². The fourth-order valence-electron chi connectivity index (χ4n) is 4.82. The van der Waals surface area contributed by atoms with Crippen molar-refractivity contribution in [3.8, 4) is 0 Å². The summed E-state index contributed by atoms with van der Waals surface area (Å²) in [5.74, 6) is 0.204. The second kappa shape index (κ2) is 6.27. The third kappa shape index (κ3) is 2.43. The topological polar surface area (TPSA) is 39.3 Å². The lowest BCUT2D eigenvalue weighted by Crippen LogP contribution is -2.47. The molecule has 1 aliphatic carbocycles. The van der Waals surface area contributed by atoms with Gasteiger partial charge in [-0.1, -0.05) is 6.08 Å². The highest BCUT2D eigenvalue weighted by Gasteiger charge is 2.37. The number of aromatic amines is 1. The van der Waals surface area contributed by atoms with Crippen LogP contribution in [0.1, 0.15) is 36.1 Å². The molecule has 138 valence electrons. The minimum Gasteiger partial charge on any atom is -0.361 e. The summed E-state index contributed by atoms with van der Waals surface area (Å²) in [5, 5.41) is 1.36. The van der Waals surface area contributed by atoms with E-state index in [1.807, 2.05) is 4.90 Å². The Morgan fingerprint density at radius 1 is 1.31 bits per heavy atom. The Bertz CT molecular complexity index is 904. The molecule has 0 saturated heterocycles. The molecule has 26 heavy (non-hydrogen) atoms. The van der Waals surface area contributed by atoms with Crippen molar-refractivity contribution in [3.05, 3.63) is 40.6 Å². The van der Waals surface area contributed by atoms with Gasteiger partial charge in [-0.3, -0.25) is 9.69 Å². The van der Waals surface area contributed by atoms with Crippen LogP contribution in [-0.4, -0.2) is 53.4 Å². The monoisotopic (exact) mass is 351 g/mol. The Morgan fingerprint density at radius 2 is 2.04 bits per heavy atom. The molecule has 1 aromatic heterocycles. The number of nitrogens with one attached hydrogen (secondary N) is 1. The molecule has 1 aliphatic heterocycles. The van der Waals surface area contributed by atoms with E-state index in [0.717, 1.165) is 26.1 Å². The van der Waals surface area contributed by atoms with Crippen LogP contribution in [0.3, 0.4) is 0 Å². The lowest BCUT2D eigenvalue weighted by molar-refractivity contribution is -0.134. The summed E-state index contributed by atoms with van der Waals surface area (Å²) < 4.78 is 0. The molecular weight excluding hydrogens is 322 g/mol. The van der Waals surface area contributed by atoms with Crippen LogP contribution in [-0.2, 0) is 11.2 Å². The van der Waals surface area contributed by atoms with Crippen LogP contribution in [0.25, 0.3) is 16.5 Å². The van der Waals surface area contributed by atoms with E-state index in [4.69, 9.17) is 0 Å². The van der Waals surface area contributed by atoms with Gasteiger partial charge in [0.05, 0.1) is 5.92 Å². The maximum Gasteiger partial charge on any atom is 0.230 e. The van der Waals surface area contributed by atoms with Gasteiger partial charge in [0.2, 0.25) is 5.91 Å². The quantitative estimate of drug-likeness (QED) is 0.919. The van der Waals surface area contributed by atoms with E-state index in [9.17, 15) is 4.79 Å². The van der Waals surface area contributed by atoms with Crippen LogP contribution >= 0.6 is 0 Å². The van der Waals surface area contributed by atoms with Gasteiger partial charge in [0.1, 0.15) is 0 Å². The van der Waals surface area contributed by atoms with Crippen molar-refractivity contribution in [1.82, 2.24) is 14.8 Å². The first-order valence-corrected chi connectivity index (χ1v) is 9.77. The Morgan fingerprint density at radius 3 is 2.73 bits per heavy atom. The molecule has 2 unspecified atom stereocenters. The first kappa shape index (κ1) is 17.3. The molecule has 4 rings (SSSR count). The highest BCUT2D eigenvalue weighted by molar-refractivity contribution is 6.01. The predicted octanol–water partition coefficient (Wildman–Crippen LogP) is 3.52. The fraction of sp³-hybridized carbons (Fsp3) is 0.500. The van der Waals surface area contributed by atoms with Gasteiger partial charge in [-0.2, -0.15) is 0 Å². The average Bonchev–Trinajstić information content (AvgIpc) is 3.02. The van der Waals surface area contributed by atoms with Gasteiger partial charge in [-0.05, 0) is 75.1 Å². The van der Waals surface area contributed by atoms with Crippen molar-refractivity contribution in [2.24, 2.45) is 5.92 Å². The molecule has 0 bridgehead atoms. The summed E-state index contributed by atoms with van der Waals surface area (Å²) in [6, 6.07) is 2.62. The highest BCUT2D eigenvalue weighted by Crippen LogP contribution is 2.43. The molecule has 0 saturated carbocycles. The minimum atomic E-state index is -0.0541. The summed E-state index contributed by atoms with van der Waals surface area (Å²) in [6.45, 7) is 10.9. The largest absolute Gasteiger partial charge is 0.361 e. The maximum absolute atomic E-state index is 13.0. The van der Waals surface area contributed by atoms with Gasteiger partial charge >= 0.3 is 0 Å². The zero-order chi connectivity index (χ0) is 18.6. The van der Waals surface area contributed by atoms with Crippen LogP contribution in [0.4, 0.5) is 0 Å². The Labute approximate surface area is 155 Å². The molecule has 0 fully saturated rings. The van der Waals surface area contributed by atoms with Gasteiger partial charge in [-0.15, -0.1) is 0 Å². The third-order valence-corrected chi connectivity index (χ3v) is 6.42. The van der Waals surface area contributed by atoms with Crippen molar-refractivity contribution < 1.29 is 4.79 Å². The summed E-state index contributed by atoms with van der Waals surface area (Å²) in [4.78, 5) is 20.8. The number of fused-ring (bicyclic) bond motifs is 2. The number of H-pyrrole nitrogens is 1. The number of amides is 1. The molecule has 4 nitrogen and oxygen atoms in total. The maximum atomic E-state index is 13.0. The molecule has 0 radical (unpaired) electrons. The number of carbonyl (C=O) groups is 1. The van der Waals surface area contributed by atoms with E-state index >= 15 is 0 Å². The molecule has 2 atom stereocenters. The molecule has 1 aromatic carbocycles. The van der Waals surface area contributed by atoms with E-state index in [1.54, 1.807) is 0 Å². The average molecular weight is 351 g/mol.